The number of nitrogens with zero attached hydrogens (tertiary/aromatic N) is 2. The zero-order valence-corrected chi connectivity index (χ0v) is 18.0. The molecule has 0 saturated heterocycles. The van der Waals surface area contributed by atoms with E-state index in [1.165, 1.54) is 28.6 Å². The molecule has 0 spiro atoms. The Balaban J connectivity index is 1.54. The Morgan fingerprint density at radius 3 is 2.69 bits per heavy atom. The van der Waals surface area contributed by atoms with Crippen LogP contribution in [0.4, 0.5) is 0 Å². The molecule has 0 atom stereocenters. The summed E-state index contributed by atoms with van der Waals surface area (Å²) in [4.78, 5) is 33.4. The summed E-state index contributed by atoms with van der Waals surface area (Å²) in [5.41, 5.74) is 2.07. The van der Waals surface area contributed by atoms with Gasteiger partial charge in [0, 0.05) is 16.5 Å². The van der Waals surface area contributed by atoms with Gasteiger partial charge in [-0.3, -0.25) is 14.2 Å². The molecule has 0 aliphatic heterocycles. The van der Waals surface area contributed by atoms with Gasteiger partial charge in [-0.05, 0) is 37.7 Å². The molecule has 3 aromatic rings. The lowest BCUT2D eigenvalue weighted by Crippen LogP contribution is -2.30. The number of carbonyl (C=O) groups excluding carboxylic acids is 1. The van der Waals surface area contributed by atoms with Crippen LogP contribution in [0.5, 0.6) is 0 Å². The summed E-state index contributed by atoms with van der Waals surface area (Å²) < 4.78 is 1.96. The normalized spacial score (nSPS) is 17.0. The second-order valence-electron chi connectivity index (χ2n) is 7.97. The molecule has 150 valence electrons. The first-order valence-electron chi connectivity index (χ1n) is 10.5. The molecule has 29 heavy (non-hydrogen) atoms. The second-order valence-corrected chi connectivity index (χ2v) is 10.0. The Morgan fingerprint density at radius 2 is 1.90 bits per heavy atom. The molecule has 6 heteroatoms. The molecule has 2 aromatic heterocycles. The van der Waals surface area contributed by atoms with Gasteiger partial charge < -0.3 is 0 Å². The number of rotatable bonds is 4. The van der Waals surface area contributed by atoms with E-state index in [0.29, 0.717) is 11.3 Å². The Kier molecular flexibility index (Phi) is 5.31. The smallest absolute Gasteiger partial charge is 0.262 e. The number of fused-ring (bicyclic) bond motifs is 3. The first-order chi connectivity index (χ1) is 14.2. The van der Waals surface area contributed by atoms with Gasteiger partial charge in [0.1, 0.15) is 10.7 Å². The van der Waals surface area contributed by atoms with E-state index < -0.39 is 0 Å². The zero-order valence-electron chi connectivity index (χ0n) is 16.4. The highest BCUT2D eigenvalue weighted by Crippen LogP contribution is 2.36. The van der Waals surface area contributed by atoms with Crippen molar-refractivity contribution in [3.8, 4) is 0 Å². The molecular weight excluding hydrogens is 400 g/mol. The average molecular weight is 425 g/mol. The number of aromatic nitrogens is 2. The third-order valence-corrected chi connectivity index (χ3v) is 8.21. The summed E-state index contributed by atoms with van der Waals surface area (Å²) in [6.45, 7) is 0. The molecular formula is C23H24N2O2S2. The van der Waals surface area contributed by atoms with Crippen LogP contribution in [0.1, 0.15) is 71.2 Å². The molecule has 2 aliphatic carbocycles. The molecule has 0 amide bonds. The number of hydrogen-bond donors (Lipinski definition) is 0. The van der Waals surface area contributed by atoms with Crippen LogP contribution in [0.15, 0.2) is 35.1 Å². The van der Waals surface area contributed by atoms with Crippen LogP contribution in [0.25, 0.3) is 10.2 Å². The van der Waals surface area contributed by atoms with Gasteiger partial charge in [-0.1, -0.05) is 61.4 Å². The van der Waals surface area contributed by atoms with Gasteiger partial charge >= 0.3 is 0 Å². The lowest BCUT2D eigenvalue weighted by Gasteiger charge is -2.26. The fourth-order valence-corrected chi connectivity index (χ4v) is 6.74. The number of thiophene rings is 1. The SMILES string of the molecule is O=C(SCc1nc2sc3c(c2c(=O)n1C1CCCCC1)CCC3)c1ccccc1. The highest BCUT2D eigenvalue weighted by atomic mass is 32.2. The summed E-state index contributed by atoms with van der Waals surface area (Å²) in [5, 5.41) is 0.889. The first-order valence-corrected chi connectivity index (χ1v) is 12.3. The van der Waals surface area contributed by atoms with E-state index in [-0.39, 0.29) is 16.7 Å². The molecule has 0 bridgehead atoms. The summed E-state index contributed by atoms with van der Waals surface area (Å²) in [6.07, 6.45) is 8.83. The van der Waals surface area contributed by atoms with Crippen molar-refractivity contribution in [2.75, 3.05) is 0 Å². The van der Waals surface area contributed by atoms with Gasteiger partial charge in [0.25, 0.3) is 5.56 Å². The quantitative estimate of drug-likeness (QED) is 0.553. The molecule has 4 nitrogen and oxygen atoms in total. The molecule has 1 saturated carbocycles. The van der Waals surface area contributed by atoms with Crippen molar-refractivity contribution in [2.45, 2.75) is 63.2 Å². The first kappa shape index (κ1) is 19.1. The molecule has 1 fully saturated rings. The minimum absolute atomic E-state index is 0.0313. The Bertz CT molecular complexity index is 1110. The molecule has 0 N–H and O–H groups in total. The van der Waals surface area contributed by atoms with Crippen molar-refractivity contribution < 1.29 is 4.79 Å². The largest absolute Gasteiger partial charge is 0.292 e. The molecule has 0 unspecified atom stereocenters. The lowest BCUT2D eigenvalue weighted by atomic mass is 9.95. The van der Waals surface area contributed by atoms with Crippen molar-refractivity contribution in [2.24, 2.45) is 0 Å². The average Bonchev–Trinajstić information content (AvgIpc) is 3.34. The number of benzene rings is 1. The Labute approximate surface area is 178 Å². The van der Waals surface area contributed by atoms with Crippen LogP contribution < -0.4 is 5.56 Å². The maximum absolute atomic E-state index is 13.6. The summed E-state index contributed by atoms with van der Waals surface area (Å²) in [5.74, 6) is 1.21. The van der Waals surface area contributed by atoms with Crippen LogP contribution in [-0.4, -0.2) is 14.7 Å². The maximum atomic E-state index is 13.6. The molecule has 2 aliphatic rings. The van der Waals surface area contributed by atoms with Crippen molar-refractivity contribution in [1.82, 2.24) is 9.55 Å². The van der Waals surface area contributed by atoms with E-state index in [4.69, 9.17) is 4.98 Å². The summed E-state index contributed by atoms with van der Waals surface area (Å²) in [7, 11) is 0. The number of thioether (sulfide) groups is 1. The Morgan fingerprint density at radius 1 is 1.10 bits per heavy atom. The van der Waals surface area contributed by atoms with E-state index in [0.717, 1.165) is 61.0 Å². The minimum atomic E-state index is 0.0313. The zero-order chi connectivity index (χ0) is 19.8. The van der Waals surface area contributed by atoms with E-state index >= 15 is 0 Å². The highest BCUT2D eigenvalue weighted by Gasteiger charge is 2.27. The van der Waals surface area contributed by atoms with Crippen molar-refractivity contribution in [3.05, 3.63) is 62.5 Å². The number of hydrogen-bond acceptors (Lipinski definition) is 5. The van der Waals surface area contributed by atoms with Crippen molar-refractivity contribution in [1.29, 1.82) is 0 Å². The van der Waals surface area contributed by atoms with Gasteiger partial charge in [-0.15, -0.1) is 11.3 Å². The van der Waals surface area contributed by atoms with Gasteiger partial charge in [-0.25, -0.2) is 4.98 Å². The van der Waals surface area contributed by atoms with Crippen LogP contribution in [-0.2, 0) is 18.6 Å². The minimum Gasteiger partial charge on any atom is -0.292 e. The predicted octanol–water partition coefficient (Wildman–Crippen LogP) is 5.53. The van der Waals surface area contributed by atoms with Gasteiger partial charge in [0.15, 0.2) is 0 Å². The van der Waals surface area contributed by atoms with Gasteiger partial charge in [0.2, 0.25) is 5.12 Å². The highest BCUT2D eigenvalue weighted by molar-refractivity contribution is 8.13. The van der Waals surface area contributed by atoms with Crippen LogP contribution in [0, 0.1) is 0 Å². The summed E-state index contributed by atoms with van der Waals surface area (Å²) >= 11 is 2.93. The second kappa shape index (κ2) is 8.07. The maximum Gasteiger partial charge on any atom is 0.262 e. The molecule has 0 radical (unpaired) electrons. The standard InChI is InChI=1S/C23H24N2O2S2/c26-22-20-17-12-7-13-18(17)29-21(20)24-19(25(22)16-10-5-2-6-11-16)14-28-23(27)15-8-3-1-4-9-15/h1,3-4,8-9,16H,2,5-7,10-14H2. The third-order valence-electron chi connectivity index (χ3n) is 6.13. The van der Waals surface area contributed by atoms with Gasteiger partial charge in [-0.2, -0.15) is 0 Å². The van der Waals surface area contributed by atoms with Crippen LogP contribution >= 0.6 is 23.1 Å². The Hall–Kier alpha value is -1.92. The van der Waals surface area contributed by atoms with Crippen molar-refractivity contribution in [3.63, 3.8) is 0 Å². The fourth-order valence-electron chi connectivity index (χ4n) is 4.70. The number of aryl methyl sites for hydroxylation is 2. The van der Waals surface area contributed by atoms with Crippen LogP contribution in [0.2, 0.25) is 0 Å². The lowest BCUT2D eigenvalue weighted by molar-refractivity contribution is 0.108. The molecule has 1 aromatic carbocycles. The summed E-state index contributed by atoms with van der Waals surface area (Å²) in [6, 6.07) is 9.56. The fraction of sp³-hybridized carbons (Fsp3) is 0.435. The molecule has 5 rings (SSSR count). The molecule has 2 heterocycles. The monoisotopic (exact) mass is 424 g/mol. The predicted molar refractivity (Wildman–Crippen MR) is 120 cm³/mol. The third kappa shape index (κ3) is 3.57. The topological polar surface area (TPSA) is 52.0 Å². The van der Waals surface area contributed by atoms with E-state index in [9.17, 15) is 9.59 Å². The van der Waals surface area contributed by atoms with Crippen LogP contribution in [0.3, 0.4) is 0 Å². The number of carbonyl (C=O) groups is 1. The van der Waals surface area contributed by atoms with E-state index in [1.54, 1.807) is 11.3 Å². The van der Waals surface area contributed by atoms with E-state index in [1.807, 2.05) is 34.9 Å². The van der Waals surface area contributed by atoms with E-state index in [2.05, 4.69) is 0 Å². The van der Waals surface area contributed by atoms with Crippen molar-refractivity contribution >= 4 is 38.4 Å². The van der Waals surface area contributed by atoms with Gasteiger partial charge in [0.05, 0.1) is 11.1 Å².